The van der Waals surface area contributed by atoms with Crippen molar-refractivity contribution < 1.29 is 9.18 Å². The van der Waals surface area contributed by atoms with E-state index in [1.807, 2.05) is 0 Å². The number of benzene rings is 1. The van der Waals surface area contributed by atoms with Gasteiger partial charge in [-0.15, -0.1) is 24.0 Å². The summed E-state index contributed by atoms with van der Waals surface area (Å²) in [7, 11) is 1.66. The lowest BCUT2D eigenvalue weighted by atomic mass is 10.2. The highest BCUT2D eigenvalue weighted by Crippen LogP contribution is 2.08. The summed E-state index contributed by atoms with van der Waals surface area (Å²) < 4.78 is 13.1. The van der Waals surface area contributed by atoms with Crippen LogP contribution in [0.1, 0.15) is 34.1 Å². The van der Waals surface area contributed by atoms with Crippen LogP contribution in [0.4, 0.5) is 10.1 Å². The van der Waals surface area contributed by atoms with Crippen molar-refractivity contribution in [1.82, 2.24) is 15.5 Å². The lowest BCUT2D eigenvalue weighted by molar-refractivity contribution is -0.115. The first-order valence-corrected chi connectivity index (χ1v) is 9.09. The number of rotatable bonds is 9. The van der Waals surface area contributed by atoms with Gasteiger partial charge < -0.3 is 16.0 Å². The number of carbonyl (C=O) groups is 1. The van der Waals surface area contributed by atoms with E-state index in [0.717, 1.165) is 19.5 Å². The van der Waals surface area contributed by atoms with Gasteiger partial charge in [-0.25, -0.2) is 4.39 Å². The van der Waals surface area contributed by atoms with Crippen molar-refractivity contribution in [1.29, 1.82) is 0 Å². The van der Waals surface area contributed by atoms with Crippen LogP contribution >= 0.6 is 24.0 Å². The second kappa shape index (κ2) is 13.7. The molecule has 0 atom stereocenters. The number of hydrogen-bond acceptors (Lipinski definition) is 3. The van der Waals surface area contributed by atoms with Crippen molar-refractivity contribution in [2.24, 2.45) is 4.99 Å². The Labute approximate surface area is 179 Å². The maximum Gasteiger partial charge on any atom is 0.243 e. The summed E-state index contributed by atoms with van der Waals surface area (Å²) in [6.07, 6.45) is 0.979. The molecular weight excluding hydrogens is 460 g/mol. The second-order valence-corrected chi connectivity index (χ2v) is 6.69. The number of carbonyl (C=O) groups excluding carboxylic acids is 1. The molecule has 0 aliphatic rings. The fourth-order valence-electron chi connectivity index (χ4n) is 2.74. The topological polar surface area (TPSA) is 68.8 Å². The molecule has 1 amide bonds. The van der Waals surface area contributed by atoms with Gasteiger partial charge in [0, 0.05) is 37.9 Å². The Hall–Kier alpha value is -1.42. The summed E-state index contributed by atoms with van der Waals surface area (Å²) in [4.78, 5) is 18.5. The molecule has 0 bridgehead atoms. The highest BCUT2D eigenvalue weighted by Gasteiger charge is 2.12. The van der Waals surface area contributed by atoms with Crippen LogP contribution in [0.2, 0.25) is 0 Å². The highest BCUT2D eigenvalue weighted by molar-refractivity contribution is 14.0. The molecule has 0 radical (unpaired) electrons. The van der Waals surface area contributed by atoms with E-state index in [0.29, 0.717) is 23.7 Å². The predicted molar refractivity (Wildman–Crippen MR) is 121 cm³/mol. The number of amides is 1. The van der Waals surface area contributed by atoms with E-state index in [4.69, 9.17) is 0 Å². The molecule has 27 heavy (non-hydrogen) atoms. The van der Waals surface area contributed by atoms with E-state index < -0.39 is 0 Å². The smallest absolute Gasteiger partial charge is 0.243 e. The maximum atomic E-state index is 13.1. The number of hydrogen-bond donors (Lipinski definition) is 3. The molecule has 0 aliphatic carbocycles. The molecule has 0 spiro atoms. The first-order chi connectivity index (χ1) is 12.3. The molecule has 1 rings (SSSR count). The predicted octanol–water partition coefficient (Wildman–Crippen LogP) is 3.06. The van der Waals surface area contributed by atoms with Gasteiger partial charge in [-0.2, -0.15) is 0 Å². The summed E-state index contributed by atoms with van der Waals surface area (Å²) in [5.41, 5.74) is 0.433. The Morgan fingerprint density at radius 3 is 2.41 bits per heavy atom. The van der Waals surface area contributed by atoms with Crippen molar-refractivity contribution in [2.75, 3.05) is 32.0 Å². The molecule has 0 unspecified atom stereocenters. The largest absolute Gasteiger partial charge is 0.356 e. The lowest BCUT2D eigenvalue weighted by Crippen LogP contribution is -2.43. The van der Waals surface area contributed by atoms with Gasteiger partial charge in [0.25, 0.3) is 0 Å². The molecule has 0 aromatic heterocycles. The van der Waals surface area contributed by atoms with Crippen LogP contribution < -0.4 is 16.0 Å². The van der Waals surface area contributed by atoms with E-state index >= 15 is 0 Å². The first-order valence-electron chi connectivity index (χ1n) is 9.09. The zero-order valence-electron chi connectivity index (χ0n) is 16.9. The second-order valence-electron chi connectivity index (χ2n) is 6.69. The molecule has 8 heteroatoms. The van der Waals surface area contributed by atoms with Crippen LogP contribution in [-0.2, 0) is 4.79 Å². The molecule has 1 aromatic carbocycles. The van der Waals surface area contributed by atoms with Crippen molar-refractivity contribution in [3.8, 4) is 0 Å². The Balaban J connectivity index is 0.00000676. The summed E-state index contributed by atoms with van der Waals surface area (Å²) >= 11 is 0. The zero-order chi connectivity index (χ0) is 19.5. The summed E-state index contributed by atoms with van der Waals surface area (Å²) in [5.74, 6) is -0.0746. The highest BCUT2D eigenvalue weighted by atomic mass is 127. The normalized spacial score (nSPS) is 11.5. The third-order valence-corrected chi connectivity index (χ3v) is 3.96. The minimum absolute atomic E-state index is 0. The Bertz CT molecular complexity index is 587. The SMILES string of the molecule is CN=C(NCCCN(C(C)C)C(C)C)NCC(=O)Nc1cccc(F)c1.I. The van der Waals surface area contributed by atoms with Crippen LogP contribution in [-0.4, -0.2) is 55.5 Å². The number of nitrogens with one attached hydrogen (secondary N) is 3. The van der Waals surface area contributed by atoms with E-state index in [-0.39, 0.29) is 42.2 Å². The molecule has 3 N–H and O–H groups in total. The van der Waals surface area contributed by atoms with Crippen molar-refractivity contribution in [3.63, 3.8) is 0 Å². The van der Waals surface area contributed by atoms with Gasteiger partial charge in [-0.3, -0.25) is 14.7 Å². The minimum Gasteiger partial charge on any atom is -0.356 e. The maximum absolute atomic E-state index is 13.1. The van der Waals surface area contributed by atoms with E-state index in [1.54, 1.807) is 19.2 Å². The summed E-state index contributed by atoms with van der Waals surface area (Å²) in [6.45, 7) is 10.6. The fraction of sp³-hybridized carbons (Fsp3) is 0.579. The van der Waals surface area contributed by atoms with Crippen LogP contribution in [0, 0.1) is 5.82 Å². The van der Waals surface area contributed by atoms with Crippen molar-refractivity contribution in [2.45, 2.75) is 46.2 Å². The van der Waals surface area contributed by atoms with Gasteiger partial charge in [-0.1, -0.05) is 6.07 Å². The van der Waals surface area contributed by atoms with Crippen molar-refractivity contribution in [3.05, 3.63) is 30.1 Å². The van der Waals surface area contributed by atoms with Gasteiger partial charge in [0.2, 0.25) is 5.91 Å². The van der Waals surface area contributed by atoms with E-state index in [2.05, 4.69) is 53.5 Å². The number of nitrogens with zero attached hydrogens (tertiary/aromatic N) is 2. The van der Waals surface area contributed by atoms with Crippen LogP contribution in [0.25, 0.3) is 0 Å². The molecule has 1 aromatic rings. The van der Waals surface area contributed by atoms with Gasteiger partial charge >= 0.3 is 0 Å². The van der Waals surface area contributed by atoms with Crippen LogP contribution in [0.3, 0.4) is 0 Å². The molecule has 0 saturated heterocycles. The number of guanidine groups is 1. The fourth-order valence-corrected chi connectivity index (χ4v) is 2.74. The third kappa shape index (κ3) is 10.5. The summed E-state index contributed by atoms with van der Waals surface area (Å²) in [6, 6.07) is 6.83. The standard InChI is InChI=1S/C19H32FN5O.HI/c1-14(2)25(15(3)4)11-7-10-22-19(21-5)23-13-18(26)24-17-9-6-8-16(20)12-17;/h6,8-9,12,14-15H,7,10-11,13H2,1-5H3,(H,24,26)(H2,21,22,23);1H. The Morgan fingerprint density at radius 1 is 1.19 bits per heavy atom. The number of aliphatic imine (C=N–C) groups is 1. The quantitative estimate of drug-likeness (QED) is 0.214. The average molecular weight is 493 g/mol. The Morgan fingerprint density at radius 2 is 1.85 bits per heavy atom. The van der Waals surface area contributed by atoms with Gasteiger partial charge in [0.15, 0.2) is 5.96 Å². The van der Waals surface area contributed by atoms with Gasteiger partial charge in [-0.05, 0) is 52.3 Å². The first kappa shape index (κ1) is 25.6. The monoisotopic (exact) mass is 493 g/mol. The molecule has 0 fully saturated rings. The average Bonchev–Trinajstić information content (AvgIpc) is 2.56. The summed E-state index contributed by atoms with van der Waals surface area (Å²) in [5, 5.41) is 8.80. The molecular formula is C19H33FIN5O. The number of halogens is 2. The van der Waals surface area contributed by atoms with Crippen LogP contribution in [0.15, 0.2) is 29.3 Å². The van der Waals surface area contributed by atoms with Crippen LogP contribution in [0.5, 0.6) is 0 Å². The third-order valence-electron chi connectivity index (χ3n) is 3.96. The van der Waals surface area contributed by atoms with Gasteiger partial charge in [0.05, 0.1) is 6.54 Å². The van der Waals surface area contributed by atoms with E-state index in [1.165, 1.54) is 12.1 Å². The molecule has 0 heterocycles. The molecule has 0 saturated carbocycles. The molecule has 0 aliphatic heterocycles. The minimum atomic E-state index is -0.384. The van der Waals surface area contributed by atoms with Crippen molar-refractivity contribution >= 4 is 41.5 Å². The molecule has 6 nitrogen and oxygen atoms in total. The molecule has 154 valence electrons. The number of anilines is 1. The van der Waals surface area contributed by atoms with Gasteiger partial charge in [0.1, 0.15) is 5.82 Å². The zero-order valence-corrected chi connectivity index (χ0v) is 19.2. The Kier molecular flexibility index (Phi) is 13.0. The lowest BCUT2D eigenvalue weighted by Gasteiger charge is -2.30. The van der Waals surface area contributed by atoms with E-state index in [9.17, 15) is 9.18 Å².